The van der Waals surface area contributed by atoms with Crippen LogP contribution < -0.4 is 4.90 Å². The van der Waals surface area contributed by atoms with Gasteiger partial charge in [-0.25, -0.2) is 0 Å². The third kappa shape index (κ3) is 3.27. The van der Waals surface area contributed by atoms with Gasteiger partial charge in [0.15, 0.2) is 0 Å². The first-order valence-electron chi connectivity index (χ1n) is 11.6. The molecule has 28 heavy (non-hydrogen) atoms. The van der Waals surface area contributed by atoms with Crippen LogP contribution in [0.25, 0.3) is 0 Å². The number of rotatable bonds is 6. The summed E-state index contributed by atoms with van der Waals surface area (Å²) in [6.07, 6.45) is 8.98. The molecule has 0 spiro atoms. The molecule has 4 rings (SSSR count). The second-order valence-electron chi connectivity index (χ2n) is 9.39. The molecule has 1 heteroatoms. The van der Waals surface area contributed by atoms with E-state index in [0.29, 0.717) is 5.41 Å². The minimum atomic E-state index is 0.395. The van der Waals surface area contributed by atoms with Crippen molar-refractivity contribution in [1.29, 1.82) is 0 Å². The van der Waals surface area contributed by atoms with Gasteiger partial charge in [0.25, 0.3) is 0 Å². The van der Waals surface area contributed by atoms with Gasteiger partial charge in [0.1, 0.15) is 0 Å². The summed E-state index contributed by atoms with van der Waals surface area (Å²) in [7, 11) is 0. The van der Waals surface area contributed by atoms with E-state index in [2.05, 4.69) is 75.1 Å². The quantitative estimate of drug-likeness (QED) is 0.507. The van der Waals surface area contributed by atoms with Crippen LogP contribution in [0.5, 0.6) is 0 Å². The molecule has 3 atom stereocenters. The highest BCUT2D eigenvalue weighted by Crippen LogP contribution is 2.54. The molecule has 1 aliphatic heterocycles. The Hall–Kier alpha value is -1.76. The molecule has 1 fully saturated rings. The standard InChI is InChI=1S/C27H37N/c1-5-20(3)19-27(16-15-21(27)4)25-18-24(14-13-22(25)6-2)28-17-9-11-23-10-7-8-12-26(23)28/h7-8,10,12-14,18,20-21H,5-6,9,11,15-17,19H2,1-4H3. The molecule has 3 unspecified atom stereocenters. The maximum atomic E-state index is 2.58. The monoisotopic (exact) mass is 375 g/mol. The zero-order valence-electron chi connectivity index (χ0n) is 18.3. The van der Waals surface area contributed by atoms with E-state index in [1.54, 1.807) is 11.1 Å². The van der Waals surface area contributed by atoms with Crippen LogP contribution in [0.2, 0.25) is 0 Å². The molecule has 2 aromatic carbocycles. The van der Waals surface area contributed by atoms with Gasteiger partial charge in [-0.2, -0.15) is 0 Å². The zero-order chi connectivity index (χ0) is 19.7. The number of anilines is 2. The molecule has 2 aliphatic rings. The normalized spacial score (nSPS) is 25.1. The first kappa shape index (κ1) is 19.6. The summed E-state index contributed by atoms with van der Waals surface area (Å²) in [4.78, 5) is 2.57. The van der Waals surface area contributed by atoms with Crippen molar-refractivity contribution in [2.75, 3.05) is 11.4 Å². The maximum Gasteiger partial charge on any atom is 0.0443 e. The average Bonchev–Trinajstić information content (AvgIpc) is 2.75. The Morgan fingerprint density at radius 3 is 2.64 bits per heavy atom. The summed E-state index contributed by atoms with van der Waals surface area (Å²) in [5.74, 6) is 1.60. The van der Waals surface area contributed by atoms with Gasteiger partial charge < -0.3 is 4.90 Å². The van der Waals surface area contributed by atoms with Gasteiger partial charge in [0.05, 0.1) is 0 Å². The van der Waals surface area contributed by atoms with Crippen LogP contribution in [0.3, 0.4) is 0 Å². The van der Waals surface area contributed by atoms with Crippen molar-refractivity contribution < 1.29 is 0 Å². The van der Waals surface area contributed by atoms with Gasteiger partial charge in [-0.1, -0.05) is 58.4 Å². The van der Waals surface area contributed by atoms with Gasteiger partial charge in [0, 0.05) is 17.9 Å². The van der Waals surface area contributed by atoms with Crippen LogP contribution in [0.4, 0.5) is 11.4 Å². The van der Waals surface area contributed by atoms with Crippen molar-refractivity contribution in [2.24, 2.45) is 11.8 Å². The molecule has 0 bridgehead atoms. The van der Waals surface area contributed by atoms with Crippen molar-refractivity contribution in [3.63, 3.8) is 0 Å². The number of aryl methyl sites for hydroxylation is 2. The van der Waals surface area contributed by atoms with Crippen molar-refractivity contribution in [2.45, 2.75) is 78.1 Å². The molecule has 1 nitrogen and oxygen atoms in total. The summed E-state index contributed by atoms with van der Waals surface area (Å²) in [6, 6.07) is 16.4. The maximum absolute atomic E-state index is 2.58. The van der Waals surface area contributed by atoms with Gasteiger partial charge in [-0.15, -0.1) is 0 Å². The third-order valence-corrected chi connectivity index (χ3v) is 7.81. The fourth-order valence-corrected chi connectivity index (χ4v) is 5.67. The second-order valence-corrected chi connectivity index (χ2v) is 9.39. The van der Waals surface area contributed by atoms with Gasteiger partial charge in [0.2, 0.25) is 0 Å². The Kier molecular flexibility index (Phi) is 5.54. The molecule has 2 aromatic rings. The summed E-state index contributed by atoms with van der Waals surface area (Å²) < 4.78 is 0. The van der Waals surface area contributed by atoms with E-state index in [4.69, 9.17) is 0 Å². The van der Waals surface area contributed by atoms with E-state index >= 15 is 0 Å². The van der Waals surface area contributed by atoms with Crippen LogP contribution in [0, 0.1) is 11.8 Å². The first-order valence-corrected chi connectivity index (χ1v) is 11.6. The van der Waals surface area contributed by atoms with E-state index in [9.17, 15) is 0 Å². The highest BCUT2D eigenvalue weighted by molar-refractivity contribution is 5.69. The Morgan fingerprint density at radius 1 is 1.14 bits per heavy atom. The smallest absolute Gasteiger partial charge is 0.0443 e. The van der Waals surface area contributed by atoms with E-state index in [-0.39, 0.29) is 0 Å². The molecular formula is C27H37N. The van der Waals surface area contributed by atoms with Crippen LogP contribution in [0.1, 0.15) is 76.5 Å². The fourth-order valence-electron chi connectivity index (χ4n) is 5.67. The topological polar surface area (TPSA) is 3.24 Å². The lowest BCUT2D eigenvalue weighted by Gasteiger charge is -2.51. The molecule has 0 saturated heterocycles. The SMILES string of the molecule is CCc1ccc(N2CCCc3ccccc32)cc1C1(CC(C)CC)CCC1C. The summed E-state index contributed by atoms with van der Waals surface area (Å²) in [5, 5.41) is 0. The third-order valence-electron chi connectivity index (χ3n) is 7.81. The summed E-state index contributed by atoms with van der Waals surface area (Å²) in [6.45, 7) is 10.8. The highest BCUT2D eigenvalue weighted by Gasteiger charge is 2.46. The second kappa shape index (κ2) is 7.93. The first-order chi connectivity index (χ1) is 13.6. The number of fused-ring (bicyclic) bond motifs is 1. The molecule has 1 saturated carbocycles. The Balaban J connectivity index is 1.77. The molecule has 0 amide bonds. The van der Waals surface area contributed by atoms with Crippen molar-refractivity contribution in [3.05, 3.63) is 59.2 Å². The van der Waals surface area contributed by atoms with Crippen LogP contribution in [-0.4, -0.2) is 6.54 Å². The highest BCUT2D eigenvalue weighted by atomic mass is 15.1. The molecule has 150 valence electrons. The lowest BCUT2D eigenvalue weighted by Crippen LogP contribution is -2.45. The summed E-state index contributed by atoms with van der Waals surface area (Å²) in [5.41, 5.74) is 7.95. The van der Waals surface area contributed by atoms with Crippen LogP contribution in [0.15, 0.2) is 42.5 Å². The number of benzene rings is 2. The van der Waals surface area contributed by atoms with Gasteiger partial charge in [-0.3, -0.25) is 0 Å². The Bertz CT molecular complexity index is 823. The zero-order valence-corrected chi connectivity index (χ0v) is 18.3. The molecular weight excluding hydrogens is 338 g/mol. The fraction of sp³-hybridized carbons (Fsp3) is 0.556. The van der Waals surface area contributed by atoms with Gasteiger partial charge >= 0.3 is 0 Å². The van der Waals surface area contributed by atoms with E-state index in [1.165, 1.54) is 55.5 Å². The summed E-state index contributed by atoms with van der Waals surface area (Å²) >= 11 is 0. The van der Waals surface area contributed by atoms with Gasteiger partial charge in [-0.05, 0) is 90.7 Å². The number of hydrogen-bond acceptors (Lipinski definition) is 1. The average molecular weight is 376 g/mol. The minimum Gasteiger partial charge on any atom is -0.341 e. The molecule has 0 aromatic heterocycles. The Labute approximate surface area is 172 Å². The molecule has 0 N–H and O–H groups in total. The van der Waals surface area contributed by atoms with Crippen LogP contribution >= 0.6 is 0 Å². The lowest BCUT2D eigenvalue weighted by atomic mass is 9.53. The molecule has 1 aliphatic carbocycles. The largest absolute Gasteiger partial charge is 0.341 e. The number of para-hydroxylation sites is 1. The molecule has 1 heterocycles. The van der Waals surface area contributed by atoms with Crippen molar-refractivity contribution in [3.8, 4) is 0 Å². The van der Waals surface area contributed by atoms with E-state index < -0.39 is 0 Å². The van der Waals surface area contributed by atoms with Crippen molar-refractivity contribution in [1.82, 2.24) is 0 Å². The lowest BCUT2D eigenvalue weighted by molar-refractivity contribution is 0.104. The predicted molar refractivity (Wildman–Crippen MR) is 122 cm³/mol. The molecule has 0 radical (unpaired) electrons. The van der Waals surface area contributed by atoms with Crippen LogP contribution in [-0.2, 0) is 18.3 Å². The van der Waals surface area contributed by atoms with Crippen molar-refractivity contribution >= 4 is 11.4 Å². The number of hydrogen-bond donors (Lipinski definition) is 0. The number of nitrogens with zero attached hydrogens (tertiary/aromatic N) is 1. The minimum absolute atomic E-state index is 0.395. The van der Waals surface area contributed by atoms with E-state index in [1.807, 2.05) is 0 Å². The van der Waals surface area contributed by atoms with E-state index in [0.717, 1.165) is 24.8 Å². The Morgan fingerprint density at radius 2 is 1.96 bits per heavy atom. The predicted octanol–water partition coefficient (Wildman–Crippen LogP) is 7.44.